The normalized spacial score (nSPS) is 10.1. The van der Waals surface area contributed by atoms with Gasteiger partial charge in [0, 0.05) is 12.8 Å². The van der Waals surface area contributed by atoms with Crippen LogP contribution in [0.1, 0.15) is 12.0 Å². The first kappa shape index (κ1) is 13.4. The maximum atomic E-state index is 8.92. The second kappa shape index (κ2) is 6.81. The number of hydrogen-bond acceptors (Lipinski definition) is 5. The Hall–Kier alpha value is -2.00. The van der Waals surface area contributed by atoms with Crippen molar-refractivity contribution < 1.29 is 4.74 Å². The molecule has 0 fully saturated rings. The van der Waals surface area contributed by atoms with Crippen molar-refractivity contribution in [2.24, 2.45) is 7.05 Å². The Morgan fingerprint density at radius 3 is 3.00 bits per heavy atom. The average molecular weight is 274 g/mol. The van der Waals surface area contributed by atoms with E-state index in [1.165, 1.54) is 0 Å². The Labute approximate surface area is 116 Å². The summed E-state index contributed by atoms with van der Waals surface area (Å²) in [4.78, 5) is 4.13. The van der Waals surface area contributed by atoms with E-state index in [4.69, 9.17) is 10.00 Å². The Kier molecular flexibility index (Phi) is 4.81. The van der Waals surface area contributed by atoms with Crippen LogP contribution < -0.4 is 4.74 Å². The van der Waals surface area contributed by atoms with E-state index < -0.39 is 0 Å². The fourth-order valence-electron chi connectivity index (χ4n) is 1.51. The van der Waals surface area contributed by atoms with Gasteiger partial charge in [-0.25, -0.2) is 9.67 Å². The van der Waals surface area contributed by atoms with Crippen molar-refractivity contribution in [3.63, 3.8) is 0 Å². The number of para-hydroxylation sites is 1. The summed E-state index contributed by atoms with van der Waals surface area (Å²) in [6.07, 6.45) is 2.43. The smallest absolute Gasteiger partial charge is 0.185 e. The predicted molar refractivity (Wildman–Crippen MR) is 73.0 cm³/mol. The van der Waals surface area contributed by atoms with Crippen molar-refractivity contribution in [3.8, 4) is 11.8 Å². The van der Waals surface area contributed by atoms with Gasteiger partial charge < -0.3 is 4.74 Å². The molecule has 0 aliphatic carbocycles. The number of benzene rings is 1. The average Bonchev–Trinajstić information content (AvgIpc) is 2.84. The van der Waals surface area contributed by atoms with Gasteiger partial charge in [-0.2, -0.15) is 10.4 Å². The summed E-state index contributed by atoms with van der Waals surface area (Å²) in [5.74, 6) is 1.55. The SMILES string of the molecule is Cn1ncnc1SCCCOc1ccccc1C#N. The highest BCUT2D eigenvalue weighted by atomic mass is 32.2. The van der Waals surface area contributed by atoms with Crippen LogP contribution in [-0.2, 0) is 7.05 Å². The maximum Gasteiger partial charge on any atom is 0.185 e. The molecule has 2 rings (SSSR count). The van der Waals surface area contributed by atoms with Gasteiger partial charge in [0.2, 0.25) is 0 Å². The Bertz CT molecular complexity index is 576. The summed E-state index contributed by atoms with van der Waals surface area (Å²) in [7, 11) is 1.87. The van der Waals surface area contributed by atoms with Gasteiger partial charge in [0.1, 0.15) is 18.1 Å². The molecule has 0 aliphatic heterocycles. The molecule has 2 aromatic rings. The third kappa shape index (κ3) is 3.73. The van der Waals surface area contributed by atoms with E-state index in [1.807, 2.05) is 25.2 Å². The Balaban J connectivity index is 1.73. The molecule has 19 heavy (non-hydrogen) atoms. The second-order valence-corrected chi connectivity index (χ2v) is 4.89. The minimum Gasteiger partial charge on any atom is -0.492 e. The van der Waals surface area contributed by atoms with E-state index in [9.17, 15) is 0 Å². The summed E-state index contributed by atoms with van der Waals surface area (Å²) < 4.78 is 7.35. The molecule has 0 radical (unpaired) electrons. The zero-order valence-electron chi connectivity index (χ0n) is 10.6. The molecule has 0 saturated carbocycles. The van der Waals surface area contributed by atoms with E-state index in [-0.39, 0.29) is 0 Å². The molecule has 1 aromatic carbocycles. The summed E-state index contributed by atoms with van der Waals surface area (Å²) in [6, 6.07) is 9.38. The third-order valence-electron chi connectivity index (χ3n) is 2.45. The van der Waals surface area contributed by atoms with Crippen molar-refractivity contribution >= 4 is 11.8 Å². The highest BCUT2D eigenvalue weighted by Crippen LogP contribution is 2.18. The lowest BCUT2D eigenvalue weighted by molar-refractivity contribution is 0.318. The number of hydrogen-bond donors (Lipinski definition) is 0. The van der Waals surface area contributed by atoms with Crippen molar-refractivity contribution in [2.45, 2.75) is 11.6 Å². The molecule has 1 heterocycles. The van der Waals surface area contributed by atoms with Crippen molar-refractivity contribution in [1.82, 2.24) is 14.8 Å². The van der Waals surface area contributed by atoms with Crippen molar-refractivity contribution in [2.75, 3.05) is 12.4 Å². The molecule has 0 N–H and O–H groups in total. The van der Waals surface area contributed by atoms with Crippen LogP contribution in [0.15, 0.2) is 35.7 Å². The molecule has 1 aromatic heterocycles. The number of aryl methyl sites for hydroxylation is 1. The Morgan fingerprint density at radius 1 is 1.42 bits per heavy atom. The minimum atomic E-state index is 0.573. The monoisotopic (exact) mass is 274 g/mol. The maximum absolute atomic E-state index is 8.92. The lowest BCUT2D eigenvalue weighted by Crippen LogP contribution is -2.01. The molecule has 0 atom stereocenters. The molecule has 0 bridgehead atoms. The number of aromatic nitrogens is 3. The van der Waals surface area contributed by atoms with E-state index in [2.05, 4.69) is 16.2 Å². The fraction of sp³-hybridized carbons (Fsp3) is 0.308. The topological polar surface area (TPSA) is 63.7 Å². The summed E-state index contributed by atoms with van der Waals surface area (Å²) >= 11 is 1.64. The van der Waals surface area contributed by atoms with Gasteiger partial charge in [0.15, 0.2) is 5.16 Å². The van der Waals surface area contributed by atoms with Crippen LogP contribution in [0.5, 0.6) is 5.75 Å². The minimum absolute atomic E-state index is 0.573. The van der Waals surface area contributed by atoms with E-state index in [0.717, 1.165) is 17.3 Å². The van der Waals surface area contributed by atoms with E-state index in [0.29, 0.717) is 17.9 Å². The van der Waals surface area contributed by atoms with Crippen molar-refractivity contribution in [1.29, 1.82) is 5.26 Å². The lowest BCUT2D eigenvalue weighted by Gasteiger charge is -2.07. The molecule has 0 aliphatic rings. The van der Waals surface area contributed by atoms with Crippen LogP contribution in [0.3, 0.4) is 0 Å². The zero-order valence-corrected chi connectivity index (χ0v) is 11.4. The molecule has 6 heteroatoms. The molecule has 98 valence electrons. The lowest BCUT2D eigenvalue weighted by atomic mass is 10.2. The first-order valence-corrected chi connectivity index (χ1v) is 6.88. The first-order chi connectivity index (χ1) is 9.31. The third-order valence-corrected chi connectivity index (χ3v) is 3.58. The highest BCUT2D eigenvalue weighted by molar-refractivity contribution is 7.99. The largest absolute Gasteiger partial charge is 0.492 e. The van der Waals surface area contributed by atoms with Crippen LogP contribution >= 0.6 is 11.8 Å². The highest BCUT2D eigenvalue weighted by Gasteiger charge is 2.03. The van der Waals surface area contributed by atoms with Gasteiger partial charge in [0.25, 0.3) is 0 Å². The predicted octanol–water partition coefficient (Wildman–Crippen LogP) is 2.25. The Morgan fingerprint density at radius 2 is 2.26 bits per heavy atom. The number of ether oxygens (including phenoxy) is 1. The zero-order chi connectivity index (χ0) is 13.5. The van der Waals surface area contributed by atoms with Gasteiger partial charge in [-0.15, -0.1) is 0 Å². The van der Waals surface area contributed by atoms with Crippen LogP contribution in [0, 0.1) is 11.3 Å². The second-order valence-electron chi connectivity index (χ2n) is 3.82. The van der Waals surface area contributed by atoms with Gasteiger partial charge in [-0.1, -0.05) is 23.9 Å². The molecule has 0 amide bonds. The molecule has 0 saturated heterocycles. The summed E-state index contributed by atoms with van der Waals surface area (Å²) in [6.45, 7) is 0.587. The van der Waals surface area contributed by atoms with Crippen LogP contribution in [-0.4, -0.2) is 27.1 Å². The quantitative estimate of drug-likeness (QED) is 0.597. The molecule has 0 unspecified atom stereocenters. The van der Waals surface area contributed by atoms with Crippen LogP contribution in [0.25, 0.3) is 0 Å². The molecule has 5 nitrogen and oxygen atoms in total. The molecule has 0 spiro atoms. The number of rotatable bonds is 6. The van der Waals surface area contributed by atoms with Crippen LogP contribution in [0.4, 0.5) is 0 Å². The molecular weight excluding hydrogens is 260 g/mol. The number of thioether (sulfide) groups is 1. The van der Waals surface area contributed by atoms with E-state index in [1.54, 1.807) is 28.8 Å². The summed E-state index contributed by atoms with van der Waals surface area (Å²) in [5, 5.41) is 13.8. The fourth-order valence-corrected chi connectivity index (χ4v) is 2.31. The van der Waals surface area contributed by atoms with Gasteiger partial charge in [0.05, 0.1) is 12.2 Å². The van der Waals surface area contributed by atoms with Crippen LogP contribution in [0.2, 0.25) is 0 Å². The van der Waals surface area contributed by atoms with Gasteiger partial charge in [-0.05, 0) is 18.6 Å². The first-order valence-electron chi connectivity index (χ1n) is 5.90. The van der Waals surface area contributed by atoms with Gasteiger partial charge >= 0.3 is 0 Å². The van der Waals surface area contributed by atoms with Crippen molar-refractivity contribution in [3.05, 3.63) is 36.2 Å². The standard InChI is InChI=1S/C13H14N4OS/c1-17-13(15-10-16-17)19-8-4-7-18-12-6-3-2-5-11(12)9-14/h2-3,5-6,10H,4,7-8H2,1H3. The van der Waals surface area contributed by atoms with Gasteiger partial charge in [-0.3, -0.25) is 0 Å². The number of nitrogens with zero attached hydrogens (tertiary/aromatic N) is 4. The summed E-state index contributed by atoms with van der Waals surface area (Å²) in [5.41, 5.74) is 0.573. The molecular formula is C13H14N4OS. The van der Waals surface area contributed by atoms with E-state index >= 15 is 0 Å². The number of nitriles is 1.